The van der Waals surface area contributed by atoms with Crippen LogP contribution < -0.4 is 15.4 Å². The van der Waals surface area contributed by atoms with E-state index in [0.29, 0.717) is 36.0 Å². The van der Waals surface area contributed by atoms with E-state index in [1.807, 2.05) is 0 Å². The van der Waals surface area contributed by atoms with Crippen molar-refractivity contribution in [3.8, 4) is 5.75 Å². The molecular weight excluding hydrogens is 310 g/mol. The van der Waals surface area contributed by atoms with Gasteiger partial charge in [-0.1, -0.05) is 18.2 Å². The maximum atomic E-state index is 12.5. The summed E-state index contributed by atoms with van der Waals surface area (Å²) < 4.78 is 5.20. The minimum absolute atomic E-state index is 0.180. The van der Waals surface area contributed by atoms with Crippen molar-refractivity contribution in [2.75, 3.05) is 20.2 Å². The summed E-state index contributed by atoms with van der Waals surface area (Å²) in [7, 11) is 1.50. The Bertz CT molecular complexity index is 555. The number of hydroxylamine groups is 1. The highest BCUT2D eigenvalue weighted by Crippen LogP contribution is 2.25. The number of hydrogen-bond donors (Lipinski definition) is 2. The molecule has 2 atom stereocenters. The zero-order valence-corrected chi connectivity index (χ0v) is 12.9. The average molecular weight is 328 g/mol. The molecule has 8 heteroatoms. The van der Waals surface area contributed by atoms with Gasteiger partial charge in [0.05, 0.1) is 20.2 Å². The van der Waals surface area contributed by atoms with Gasteiger partial charge in [0.1, 0.15) is 6.10 Å². The molecule has 120 valence electrons. The van der Waals surface area contributed by atoms with Crippen molar-refractivity contribution in [1.29, 1.82) is 0 Å². The third-order valence-corrected chi connectivity index (χ3v) is 3.57. The Morgan fingerprint density at radius 1 is 1.64 bits per heavy atom. The standard InChI is InChI=1S/C14H18ClN3O4/c1-3-14(19)16-22-11-6-7-17(9-11)18(20)12-8-10(15)4-5-13(12)21-2/h3-5,8,11,18H,1,6-7,9H2,2H3,(H,16,19). The fourth-order valence-corrected chi connectivity index (χ4v) is 2.38. The number of nitrogens with one attached hydrogen (secondary N) is 2. The molecule has 0 bridgehead atoms. The van der Waals surface area contributed by atoms with Crippen molar-refractivity contribution in [3.63, 3.8) is 0 Å². The Morgan fingerprint density at radius 2 is 2.41 bits per heavy atom. The zero-order valence-electron chi connectivity index (χ0n) is 12.2. The van der Waals surface area contributed by atoms with Gasteiger partial charge in [-0.25, -0.2) is 5.48 Å². The molecule has 0 aromatic heterocycles. The lowest BCUT2D eigenvalue weighted by molar-refractivity contribution is -0.910. The Balaban J connectivity index is 1.99. The van der Waals surface area contributed by atoms with Crippen LogP contribution >= 0.6 is 11.6 Å². The molecule has 1 fully saturated rings. The summed E-state index contributed by atoms with van der Waals surface area (Å²) >= 11 is 5.95. The van der Waals surface area contributed by atoms with Crippen LogP contribution in [0.3, 0.4) is 0 Å². The first kappa shape index (κ1) is 16.7. The van der Waals surface area contributed by atoms with E-state index in [1.165, 1.54) is 7.11 Å². The molecule has 1 amide bonds. The first-order valence-corrected chi connectivity index (χ1v) is 7.13. The number of nitrogens with zero attached hydrogens (tertiary/aromatic N) is 1. The number of halogens is 1. The van der Waals surface area contributed by atoms with E-state index in [4.69, 9.17) is 21.2 Å². The van der Waals surface area contributed by atoms with Crippen LogP contribution in [0, 0.1) is 5.21 Å². The summed E-state index contributed by atoms with van der Waals surface area (Å²) in [5.41, 5.74) is 2.67. The van der Waals surface area contributed by atoms with Gasteiger partial charge in [-0.2, -0.15) is 0 Å². The van der Waals surface area contributed by atoms with Gasteiger partial charge in [0.25, 0.3) is 5.91 Å². The molecule has 1 aliphatic rings. The molecule has 1 saturated heterocycles. The highest BCUT2D eigenvalue weighted by Gasteiger charge is 2.30. The number of methoxy groups -OCH3 is 1. The second kappa shape index (κ2) is 7.57. The van der Waals surface area contributed by atoms with E-state index in [9.17, 15) is 10.0 Å². The van der Waals surface area contributed by atoms with Crippen LogP contribution in [0.1, 0.15) is 6.42 Å². The molecule has 22 heavy (non-hydrogen) atoms. The van der Waals surface area contributed by atoms with Crippen molar-refractivity contribution in [2.45, 2.75) is 12.5 Å². The predicted octanol–water partition coefficient (Wildman–Crippen LogP) is 0.586. The fraction of sp³-hybridized carbons (Fsp3) is 0.357. The van der Waals surface area contributed by atoms with Gasteiger partial charge in [0.15, 0.2) is 11.4 Å². The molecule has 1 aliphatic heterocycles. The van der Waals surface area contributed by atoms with Crippen LogP contribution in [0.5, 0.6) is 5.75 Å². The van der Waals surface area contributed by atoms with E-state index in [-0.39, 0.29) is 11.3 Å². The maximum Gasteiger partial charge on any atom is 0.266 e. The molecule has 1 heterocycles. The highest BCUT2D eigenvalue weighted by atomic mass is 35.5. The van der Waals surface area contributed by atoms with E-state index in [2.05, 4.69) is 12.1 Å². The lowest BCUT2D eigenvalue weighted by atomic mass is 10.3. The number of rotatable bonds is 6. The van der Waals surface area contributed by atoms with Gasteiger partial charge < -0.3 is 9.94 Å². The molecular formula is C14H18ClN3O4. The van der Waals surface area contributed by atoms with Gasteiger partial charge in [0, 0.05) is 11.1 Å². The molecule has 2 N–H and O–H groups in total. The monoisotopic (exact) mass is 327 g/mol. The number of carbonyl (C=O) groups excluding carboxylic acids is 1. The normalized spacial score (nSPS) is 19.7. The van der Waals surface area contributed by atoms with Gasteiger partial charge in [0.2, 0.25) is 0 Å². The summed E-state index contributed by atoms with van der Waals surface area (Å²) in [6, 6.07) is 4.90. The first-order valence-electron chi connectivity index (χ1n) is 6.76. The maximum absolute atomic E-state index is 12.5. The Kier molecular flexibility index (Phi) is 5.76. The second-order valence-electron chi connectivity index (χ2n) is 4.79. The van der Waals surface area contributed by atoms with Crippen LogP contribution in [-0.4, -0.2) is 37.2 Å². The third kappa shape index (κ3) is 3.96. The second-order valence-corrected chi connectivity index (χ2v) is 5.23. The summed E-state index contributed by atoms with van der Waals surface area (Å²) in [6.45, 7) is 4.24. The SMILES string of the molecule is C=CC(=O)NOC1CCN([NH+]([O-])c2cc(Cl)ccc2OC)C1. The van der Waals surface area contributed by atoms with Crippen molar-refractivity contribution in [1.82, 2.24) is 10.5 Å². The molecule has 2 unspecified atom stereocenters. The van der Waals surface area contributed by atoms with Gasteiger partial charge in [-0.3, -0.25) is 14.8 Å². The molecule has 0 radical (unpaired) electrons. The number of quaternary nitrogens is 1. The van der Waals surface area contributed by atoms with Crippen LogP contribution in [0.4, 0.5) is 5.69 Å². The van der Waals surface area contributed by atoms with E-state index in [0.717, 1.165) is 6.08 Å². The quantitative estimate of drug-likeness (QED) is 0.590. The van der Waals surface area contributed by atoms with Crippen molar-refractivity contribution >= 4 is 23.2 Å². The molecule has 1 aromatic carbocycles. The van der Waals surface area contributed by atoms with Crippen molar-refractivity contribution in [2.24, 2.45) is 0 Å². The number of amides is 1. The summed E-state index contributed by atoms with van der Waals surface area (Å²) in [5.74, 6) is 0.0556. The van der Waals surface area contributed by atoms with E-state index >= 15 is 0 Å². The first-order chi connectivity index (χ1) is 10.5. The van der Waals surface area contributed by atoms with Crippen LogP contribution in [0.15, 0.2) is 30.9 Å². The van der Waals surface area contributed by atoms with Gasteiger partial charge in [-0.15, -0.1) is 5.01 Å². The zero-order chi connectivity index (χ0) is 16.1. The Labute approximate surface area is 133 Å². The largest absolute Gasteiger partial charge is 0.608 e. The van der Waals surface area contributed by atoms with Gasteiger partial charge >= 0.3 is 0 Å². The van der Waals surface area contributed by atoms with Crippen LogP contribution in [-0.2, 0) is 9.63 Å². The number of carbonyl (C=O) groups is 1. The molecule has 7 nitrogen and oxygen atoms in total. The molecule has 0 aliphatic carbocycles. The minimum Gasteiger partial charge on any atom is -0.608 e. The summed E-state index contributed by atoms with van der Waals surface area (Å²) in [6.07, 6.45) is 1.50. The molecule has 2 rings (SSSR count). The van der Waals surface area contributed by atoms with E-state index < -0.39 is 5.91 Å². The number of benzene rings is 1. The van der Waals surface area contributed by atoms with Crippen LogP contribution in [0.2, 0.25) is 5.02 Å². The van der Waals surface area contributed by atoms with Crippen molar-refractivity contribution in [3.05, 3.63) is 41.1 Å². The third-order valence-electron chi connectivity index (χ3n) is 3.34. The highest BCUT2D eigenvalue weighted by molar-refractivity contribution is 6.30. The molecule has 0 spiro atoms. The average Bonchev–Trinajstić information content (AvgIpc) is 3.00. The molecule has 0 saturated carbocycles. The smallest absolute Gasteiger partial charge is 0.266 e. The lowest BCUT2D eigenvalue weighted by Gasteiger charge is -2.31. The van der Waals surface area contributed by atoms with Gasteiger partial charge in [-0.05, 0) is 24.6 Å². The summed E-state index contributed by atoms with van der Waals surface area (Å²) in [5, 5.41) is 14.5. The van der Waals surface area contributed by atoms with Crippen LogP contribution in [0.25, 0.3) is 0 Å². The lowest BCUT2D eigenvalue weighted by Crippen LogP contribution is -3.09. The topological polar surface area (TPSA) is 78.3 Å². The Hall–Kier alpha value is -1.64. The van der Waals surface area contributed by atoms with E-state index in [1.54, 1.807) is 23.2 Å². The number of ether oxygens (including phenoxy) is 1. The van der Waals surface area contributed by atoms with Crippen molar-refractivity contribution < 1.29 is 19.5 Å². The Morgan fingerprint density at radius 3 is 3.09 bits per heavy atom. The minimum atomic E-state index is -0.415. The fourth-order valence-electron chi connectivity index (χ4n) is 2.21. The summed E-state index contributed by atoms with van der Waals surface area (Å²) in [4.78, 5) is 16.3. The molecule has 1 aromatic rings. The predicted molar refractivity (Wildman–Crippen MR) is 81.4 cm³/mol. The number of hydrogen-bond acceptors (Lipinski definition) is 5.